The van der Waals surface area contributed by atoms with Gasteiger partial charge in [0.05, 0.1) is 17.2 Å². The Morgan fingerprint density at radius 1 is 1.07 bits per heavy atom. The van der Waals surface area contributed by atoms with Gasteiger partial charge < -0.3 is 14.8 Å². The minimum Gasteiger partial charge on any atom is -0.494 e. The van der Waals surface area contributed by atoms with Crippen LogP contribution in [0.25, 0.3) is 0 Å². The predicted molar refractivity (Wildman–Crippen MR) is 119 cm³/mol. The quantitative estimate of drug-likeness (QED) is 0.383. The molecule has 1 amide bonds. The summed E-state index contributed by atoms with van der Waals surface area (Å²) in [6.07, 6.45) is 6.09. The number of ether oxygens (including phenoxy) is 2. The van der Waals surface area contributed by atoms with Crippen LogP contribution in [0.4, 0.5) is 5.69 Å². The third kappa shape index (κ3) is 7.55. The average Bonchev–Trinajstić information content (AvgIpc) is 2.66. The van der Waals surface area contributed by atoms with E-state index in [2.05, 4.69) is 28.2 Å². The van der Waals surface area contributed by atoms with Crippen LogP contribution in [0.2, 0.25) is 0 Å². The van der Waals surface area contributed by atoms with E-state index in [1.165, 1.54) is 25.7 Å². The number of carbonyl (C=O) groups is 1. The fourth-order valence-electron chi connectivity index (χ4n) is 2.75. The lowest BCUT2D eigenvalue weighted by molar-refractivity contribution is 0.102. The number of nitrogens with one attached hydrogen (secondary N) is 1. The van der Waals surface area contributed by atoms with Crippen LogP contribution in [0.3, 0.4) is 0 Å². The Morgan fingerprint density at radius 2 is 1.86 bits per heavy atom. The lowest BCUT2D eigenvalue weighted by Gasteiger charge is -2.13. The second-order valence-corrected chi connectivity index (χ2v) is 7.91. The highest BCUT2D eigenvalue weighted by Gasteiger charge is 2.11. The van der Waals surface area contributed by atoms with E-state index in [1.807, 2.05) is 38.1 Å². The molecule has 0 heterocycles. The molecule has 5 heteroatoms. The van der Waals surface area contributed by atoms with Crippen LogP contribution in [0.1, 0.15) is 63.2 Å². The number of amides is 1. The molecule has 0 unspecified atom stereocenters. The zero-order valence-electron chi connectivity index (χ0n) is 17.0. The summed E-state index contributed by atoms with van der Waals surface area (Å²) in [5.74, 6) is 1.32. The van der Waals surface area contributed by atoms with Crippen LogP contribution in [-0.4, -0.2) is 18.6 Å². The van der Waals surface area contributed by atoms with Crippen molar-refractivity contribution >= 4 is 27.5 Å². The molecule has 0 aliphatic heterocycles. The van der Waals surface area contributed by atoms with Crippen molar-refractivity contribution in [1.29, 1.82) is 0 Å². The van der Waals surface area contributed by atoms with Gasteiger partial charge in [0.15, 0.2) is 0 Å². The second-order valence-electron chi connectivity index (χ2n) is 7.06. The fraction of sp³-hybridized carbons (Fsp3) is 0.435. The van der Waals surface area contributed by atoms with Gasteiger partial charge in [-0.2, -0.15) is 0 Å². The summed E-state index contributed by atoms with van der Waals surface area (Å²) in [7, 11) is 0. The van der Waals surface area contributed by atoms with Crippen LogP contribution in [-0.2, 0) is 0 Å². The van der Waals surface area contributed by atoms with Crippen molar-refractivity contribution in [2.75, 3.05) is 11.9 Å². The molecule has 0 fully saturated rings. The summed E-state index contributed by atoms with van der Waals surface area (Å²) in [5, 5.41) is 2.92. The summed E-state index contributed by atoms with van der Waals surface area (Å²) >= 11 is 3.47. The maximum absolute atomic E-state index is 12.6. The summed E-state index contributed by atoms with van der Waals surface area (Å²) < 4.78 is 12.3. The van der Waals surface area contributed by atoms with Crippen LogP contribution in [0, 0.1) is 0 Å². The third-order valence-corrected chi connectivity index (χ3v) is 4.78. The SMILES string of the molecule is CCCCCCCOc1cccc(NC(=O)c2ccc(OC(C)C)c(Br)c2)c1. The standard InChI is InChI=1S/C23H30BrNO3/c1-4-5-6-7-8-14-27-20-11-9-10-19(16-20)25-23(26)18-12-13-22(21(24)15-18)28-17(2)3/h9-13,15-17H,4-8,14H2,1-3H3,(H,25,26). The number of hydrogen-bond acceptors (Lipinski definition) is 3. The molecule has 2 aromatic rings. The maximum Gasteiger partial charge on any atom is 0.255 e. The molecule has 28 heavy (non-hydrogen) atoms. The van der Waals surface area contributed by atoms with E-state index in [0.717, 1.165) is 22.4 Å². The van der Waals surface area contributed by atoms with Gasteiger partial charge in [0, 0.05) is 17.3 Å². The van der Waals surface area contributed by atoms with Crippen molar-refractivity contribution in [3.05, 3.63) is 52.5 Å². The van der Waals surface area contributed by atoms with Crippen molar-refractivity contribution in [3.8, 4) is 11.5 Å². The maximum atomic E-state index is 12.6. The molecule has 0 aliphatic carbocycles. The number of carbonyl (C=O) groups excluding carboxylic acids is 1. The Morgan fingerprint density at radius 3 is 2.57 bits per heavy atom. The topological polar surface area (TPSA) is 47.6 Å². The van der Waals surface area contributed by atoms with E-state index in [0.29, 0.717) is 17.9 Å². The van der Waals surface area contributed by atoms with Gasteiger partial charge in [-0.3, -0.25) is 4.79 Å². The lowest BCUT2D eigenvalue weighted by atomic mass is 10.2. The predicted octanol–water partition coefficient (Wildman–Crippen LogP) is 6.84. The highest BCUT2D eigenvalue weighted by molar-refractivity contribution is 9.10. The number of benzene rings is 2. The van der Waals surface area contributed by atoms with E-state index in [-0.39, 0.29) is 12.0 Å². The molecule has 0 aliphatic rings. The first kappa shape index (κ1) is 22.3. The summed E-state index contributed by atoms with van der Waals surface area (Å²) in [6, 6.07) is 12.8. The monoisotopic (exact) mass is 447 g/mol. The van der Waals surface area contributed by atoms with Gasteiger partial charge in [-0.25, -0.2) is 0 Å². The number of rotatable bonds is 11. The highest BCUT2D eigenvalue weighted by Crippen LogP contribution is 2.27. The summed E-state index contributed by atoms with van der Waals surface area (Å²) in [5.41, 5.74) is 1.28. The van der Waals surface area contributed by atoms with Crippen LogP contribution >= 0.6 is 15.9 Å². The van der Waals surface area contributed by atoms with Crippen molar-refractivity contribution in [1.82, 2.24) is 0 Å². The molecular weight excluding hydrogens is 418 g/mol. The van der Waals surface area contributed by atoms with Gasteiger partial charge in [-0.15, -0.1) is 0 Å². The van der Waals surface area contributed by atoms with Gasteiger partial charge in [0.2, 0.25) is 0 Å². The first-order valence-electron chi connectivity index (χ1n) is 10.00. The molecule has 0 atom stereocenters. The van der Waals surface area contributed by atoms with E-state index >= 15 is 0 Å². The fourth-order valence-corrected chi connectivity index (χ4v) is 3.23. The molecule has 0 radical (unpaired) electrons. The average molecular weight is 448 g/mol. The Hall–Kier alpha value is -2.01. The van der Waals surface area contributed by atoms with E-state index in [4.69, 9.17) is 9.47 Å². The van der Waals surface area contributed by atoms with Crippen LogP contribution < -0.4 is 14.8 Å². The first-order chi connectivity index (χ1) is 13.5. The smallest absolute Gasteiger partial charge is 0.255 e. The first-order valence-corrected chi connectivity index (χ1v) is 10.8. The zero-order chi connectivity index (χ0) is 20.4. The highest BCUT2D eigenvalue weighted by atomic mass is 79.9. The van der Waals surface area contributed by atoms with Crippen molar-refractivity contribution < 1.29 is 14.3 Å². The molecule has 0 spiro atoms. The molecule has 2 rings (SSSR count). The third-order valence-electron chi connectivity index (χ3n) is 4.17. The summed E-state index contributed by atoms with van der Waals surface area (Å²) in [4.78, 5) is 12.6. The van der Waals surface area contributed by atoms with Gasteiger partial charge in [0.1, 0.15) is 11.5 Å². The van der Waals surface area contributed by atoms with E-state index in [1.54, 1.807) is 18.2 Å². The van der Waals surface area contributed by atoms with E-state index < -0.39 is 0 Å². The van der Waals surface area contributed by atoms with Crippen LogP contribution in [0.15, 0.2) is 46.9 Å². The van der Waals surface area contributed by atoms with Gasteiger partial charge >= 0.3 is 0 Å². The molecule has 0 saturated heterocycles. The Bertz CT molecular complexity index is 761. The van der Waals surface area contributed by atoms with Crippen molar-refractivity contribution in [2.24, 2.45) is 0 Å². The summed E-state index contributed by atoms with van der Waals surface area (Å²) in [6.45, 7) is 6.84. The second kappa shape index (κ2) is 11.7. The van der Waals surface area contributed by atoms with E-state index in [9.17, 15) is 4.79 Å². The Kier molecular flexibility index (Phi) is 9.35. The number of unbranched alkanes of at least 4 members (excludes halogenated alkanes) is 4. The zero-order valence-corrected chi connectivity index (χ0v) is 18.6. The Balaban J connectivity index is 1.90. The largest absolute Gasteiger partial charge is 0.494 e. The molecule has 0 aromatic heterocycles. The van der Waals surface area contributed by atoms with Gasteiger partial charge in [-0.05, 0) is 66.5 Å². The minimum absolute atomic E-state index is 0.0744. The van der Waals surface area contributed by atoms with Crippen LogP contribution in [0.5, 0.6) is 11.5 Å². The minimum atomic E-state index is -0.173. The Labute approximate surface area is 176 Å². The number of halogens is 1. The number of anilines is 1. The van der Waals surface area contributed by atoms with Crippen molar-refractivity contribution in [2.45, 2.75) is 59.0 Å². The molecule has 152 valence electrons. The molecule has 4 nitrogen and oxygen atoms in total. The number of hydrogen-bond donors (Lipinski definition) is 1. The molecule has 1 N–H and O–H groups in total. The normalized spacial score (nSPS) is 10.8. The molecule has 2 aromatic carbocycles. The van der Waals surface area contributed by atoms with Gasteiger partial charge in [-0.1, -0.05) is 38.7 Å². The lowest BCUT2D eigenvalue weighted by Crippen LogP contribution is -2.12. The molecule has 0 saturated carbocycles. The van der Waals surface area contributed by atoms with Gasteiger partial charge in [0.25, 0.3) is 5.91 Å². The molecule has 0 bridgehead atoms. The van der Waals surface area contributed by atoms with Crippen molar-refractivity contribution in [3.63, 3.8) is 0 Å². The molecular formula is C23H30BrNO3.